The number of piperazine rings is 1. The van der Waals surface area contributed by atoms with Gasteiger partial charge in [-0.05, 0) is 0 Å². The van der Waals surface area contributed by atoms with Crippen molar-refractivity contribution in [2.45, 2.75) is 6.92 Å². The number of rotatable bonds is 0. The number of nitrogens with two attached hydrogens (primary N) is 2. The summed E-state index contributed by atoms with van der Waals surface area (Å²) in [5.74, 6) is -0.00443. The molecule has 1 amide bonds. The van der Waals surface area contributed by atoms with E-state index in [0.717, 1.165) is 0 Å². The average molecular weight is 212 g/mol. The molecule has 0 radical (unpaired) electrons. The van der Waals surface area contributed by atoms with Crippen molar-refractivity contribution in [2.75, 3.05) is 26.2 Å². The molecule has 1 saturated heterocycles. The Kier molecular flexibility index (Phi) is 3.48. The summed E-state index contributed by atoms with van der Waals surface area (Å²) in [5.41, 5.74) is 10.3. The maximum absolute atomic E-state index is 11.0. The highest BCUT2D eigenvalue weighted by Gasteiger charge is 2.19. The van der Waals surface area contributed by atoms with Crippen LogP contribution in [0, 0.1) is 5.41 Å². The zero-order chi connectivity index (χ0) is 11.4. The third-order valence-corrected chi connectivity index (χ3v) is 2.26. The van der Waals surface area contributed by atoms with Gasteiger partial charge >= 0.3 is 0 Å². The molecule has 5 N–H and O–H groups in total. The second-order valence-electron chi connectivity index (χ2n) is 3.35. The first-order valence-electron chi connectivity index (χ1n) is 4.69. The van der Waals surface area contributed by atoms with Crippen LogP contribution in [0.15, 0.2) is 4.99 Å². The van der Waals surface area contributed by atoms with Crippen LogP contribution in [-0.2, 0) is 4.79 Å². The Balaban J connectivity index is 2.47. The fourth-order valence-electron chi connectivity index (χ4n) is 1.43. The summed E-state index contributed by atoms with van der Waals surface area (Å²) < 4.78 is 0. The largest absolute Gasteiger partial charge is 0.370 e. The molecule has 84 valence electrons. The van der Waals surface area contributed by atoms with Gasteiger partial charge in [-0.2, -0.15) is 4.99 Å². The predicted octanol–water partition coefficient (Wildman–Crippen LogP) is -1.64. The minimum Gasteiger partial charge on any atom is -0.370 e. The third kappa shape index (κ3) is 3.12. The van der Waals surface area contributed by atoms with Crippen molar-refractivity contribution < 1.29 is 4.79 Å². The first-order chi connectivity index (χ1) is 7.00. The molecule has 1 rings (SSSR count). The summed E-state index contributed by atoms with van der Waals surface area (Å²) in [6.07, 6.45) is 0. The molecule has 0 atom stereocenters. The average Bonchev–Trinajstić information content (AvgIpc) is 2.17. The van der Waals surface area contributed by atoms with E-state index in [1.807, 2.05) is 0 Å². The van der Waals surface area contributed by atoms with Gasteiger partial charge in [0.2, 0.25) is 11.9 Å². The Morgan fingerprint density at radius 2 is 1.67 bits per heavy atom. The lowest BCUT2D eigenvalue weighted by Gasteiger charge is -2.34. The number of nitrogens with one attached hydrogen (secondary N) is 1. The molecule has 0 aliphatic carbocycles. The molecule has 7 nitrogen and oxygen atoms in total. The van der Waals surface area contributed by atoms with Crippen LogP contribution in [0.25, 0.3) is 0 Å². The van der Waals surface area contributed by atoms with Crippen LogP contribution in [0.2, 0.25) is 0 Å². The number of amides is 1. The molecule has 0 aromatic rings. The van der Waals surface area contributed by atoms with E-state index in [4.69, 9.17) is 16.9 Å². The highest BCUT2D eigenvalue weighted by atomic mass is 16.2. The van der Waals surface area contributed by atoms with Crippen molar-refractivity contribution in [3.05, 3.63) is 0 Å². The maximum atomic E-state index is 11.0. The standard InChI is InChI=1S/C8H16N6O/c1-6(15)13-2-4-14(5-3-13)8(11)12-7(9)10/h2-5H2,1H3,(H5,9,10,11,12). The monoisotopic (exact) mass is 212 g/mol. The van der Waals surface area contributed by atoms with Gasteiger partial charge < -0.3 is 21.3 Å². The number of carbonyl (C=O) groups excluding carboxylic acids is 1. The number of nitrogens with zero attached hydrogens (tertiary/aromatic N) is 3. The summed E-state index contributed by atoms with van der Waals surface area (Å²) in [6.45, 7) is 3.94. The van der Waals surface area contributed by atoms with E-state index < -0.39 is 0 Å². The van der Waals surface area contributed by atoms with Crippen LogP contribution in [0.5, 0.6) is 0 Å². The minimum absolute atomic E-state index is 0.0539. The van der Waals surface area contributed by atoms with Gasteiger partial charge in [-0.15, -0.1) is 0 Å². The molecule has 0 spiro atoms. The minimum atomic E-state index is -0.117. The normalized spacial score (nSPS) is 16.1. The number of carbonyl (C=O) groups is 1. The zero-order valence-electron chi connectivity index (χ0n) is 8.73. The smallest absolute Gasteiger partial charge is 0.221 e. The van der Waals surface area contributed by atoms with E-state index in [1.165, 1.54) is 6.92 Å². The van der Waals surface area contributed by atoms with Gasteiger partial charge in [0.05, 0.1) is 0 Å². The van der Waals surface area contributed by atoms with Crippen LogP contribution >= 0.6 is 0 Å². The molecule has 1 aliphatic rings. The van der Waals surface area contributed by atoms with Crippen LogP contribution in [0.3, 0.4) is 0 Å². The quantitative estimate of drug-likeness (QED) is 0.330. The zero-order valence-corrected chi connectivity index (χ0v) is 8.73. The molecule has 1 heterocycles. The van der Waals surface area contributed by atoms with Crippen LogP contribution in [0.1, 0.15) is 6.92 Å². The van der Waals surface area contributed by atoms with Crippen molar-refractivity contribution >= 4 is 17.8 Å². The molecule has 0 aromatic carbocycles. The van der Waals surface area contributed by atoms with E-state index in [-0.39, 0.29) is 17.8 Å². The highest BCUT2D eigenvalue weighted by molar-refractivity contribution is 5.91. The topological polar surface area (TPSA) is 112 Å². The molecular formula is C8H16N6O. The van der Waals surface area contributed by atoms with Gasteiger partial charge in [0.1, 0.15) is 0 Å². The van der Waals surface area contributed by atoms with E-state index in [0.29, 0.717) is 26.2 Å². The number of hydrogen-bond acceptors (Lipinski definition) is 2. The second kappa shape index (κ2) is 4.63. The molecular weight excluding hydrogens is 196 g/mol. The predicted molar refractivity (Wildman–Crippen MR) is 57.4 cm³/mol. The Morgan fingerprint density at radius 1 is 1.20 bits per heavy atom. The maximum Gasteiger partial charge on any atom is 0.221 e. The summed E-state index contributed by atoms with van der Waals surface area (Å²) in [4.78, 5) is 18.2. The highest BCUT2D eigenvalue weighted by Crippen LogP contribution is 2.02. The van der Waals surface area contributed by atoms with Gasteiger partial charge in [-0.1, -0.05) is 0 Å². The van der Waals surface area contributed by atoms with Gasteiger partial charge in [-0.25, -0.2) is 0 Å². The first-order valence-corrected chi connectivity index (χ1v) is 4.69. The number of hydrogen-bond donors (Lipinski definition) is 3. The summed E-state index contributed by atoms with van der Waals surface area (Å²) in [6, 6.07) is 0. The van der Waals surface area contributed by atoms with E-state index >= 15 is 0 Å². The molecule has 0 aromatic heterocycles. The molecule has 0 unspecified atom stereocenters. The lowest BCUT2D eigenvalue weighted by atomic mass is 10.3. The van der Waals surface area contributed by atoms with E-state index in [9.17, 15) is 4.79 Å². The Morgan fingerprint density at radius 3 is 2.07 bits per heavy atom. The fraction of sp³-hybridized carbons (Fsp3) is 0.625. The lowest BCUT2D eigenvalue weighted by Crippen LogP contribution is -2.50. The van der Waals surface area contributed by atoms with Gasteiger partial charge in [-0.3, -0.25) is 10.2 Å². The SMILES string of the molecule is CC(=O)N1CCN(C(=N)N=C(N)N)CC1. The molecule has 0 saturated carbocycles. The van der Waals surface area contributed by atoms with E-state index in [1.54, 1.807) is 9.80 Å². The molecule has 7 heteroatoms. The van der Waals surface area contributed by atoms with Gasteiger partial charge in [0, 0.05) is 33.1 Å². The summed E-state index contributed by atoms with van der Waals surface area (Å²) in [7, 11) is 0. The van der Waals surface area contributed by atoms with Crippen LogP contribution < -0.4 is 11.5 Å². The fourth-order valence-corrected chi connectivity index (χ4v) is 1.43. The second-order valence-corrected chi connectivity index (χ2v) is 3.35. The Labute approximate surface area is 88.2 Å². The summed E-state index contributed by atoms with van der Waals surface area (Å²) >= 11 is 0. The van der Waals surface area contributed by atoms with E-state index in [2.05, 4.69) is 4.99 Å². The Bertz CT molecular complexity index is 288. The van der Waals surface area contributed by atoms with Crippen molar-refractivity contribution in [2.24, 2.45) is 16.5 Å². The summed E-state index contributed by atoms with van der Waals surface area (Å²) in [5, 5.41) is 7.56. The molecule has 1 aliphatic heterocycles. The third-order valence-electron chi connectivity index (χ3n) is 2.26. The van der Waals surface area contributed by atoms with Crippen LogP contribution in [0.4, 0.5) is 0 Å². The van der Waals surface area contributed by atoms with Crippen molar-refractivity contribution in [1.29, 1.82) is 5.41 Å². The van der Waals surface area contributed by atoms with Crippen LogP contribution in [-0.4, -0.2) is 53.8 Å². The van der Waals surface area contributed by atoms with Gasteiger partial charge in [0.25, 0.3) is 0 Å². The first kappa shape index (κ1) is 11.3. The molecule has 15 heavy (non-hydrogen) atoms. The van der Waals surface area contributed by atoms with Crippen molar-refractivity contribution in [3.8, 4) is 0 Å². The van der Waals surface area contributed by atoms with Crippen molar-refractivity contribution in [1.82, 2.24) is 9.80 Å². The van der Waals surface area contributed by atoms with Crippen molar-refractivity contribution in [3.63, 3.8) is 0 Å². The van der Waals surface area contributed by atoms with Gasteiger partial charge in [0.15, 0.2) is 5.96 Å². The Hall–Kier alpha value is -1.79. The number of aliphatic imine (C=N–C) groups is 1. The molecule has 0 bridgehead atoms. The lowest BCUT2D eigenvalue weighted by molar-refractivity contribution is -0.130. The molecule has 1 fully saturated rings. The number of guanidine groups is 2.